The highest BCUT2D eigenvalue weighted by molar-refractivity contribution is 6.22. The summed E-state index contributed by atoms with van der Waals surface area (Å²) in [5.41, 5.74) is 9.23. The third kappa shape index (κ3) is 5.41. The first-order chi connectivity index (χ1) is 25.6. The maximum Gasteiger partial charge on any atom is 0.416 e. The van der Waals surface area contributed by atoms with Crippen LogP contribution in [0.2, 0.25) is 0 Å². The lowest BCUT2D eigenvalue weighted by Crippen LogP contribution is -2.09. The van der Waals surface area contributed by atoms with E-state index in [0.717, 1.165) is 62.1 Å². The summed E-state index contributed by atoms with van der Waals surface area (Å²) in [5, 5.41) is 2.00. The van der Waals surface area contributed by atoms with E-state index in [1.165, 1.54) is 6.07 Å². The number of benzene rings is 6. The molecule has 0 saturated carbocycles. The number of aromatic nitrogens is 2. The van der Waals surface area contributed by atoms with Crippen molar-refractivity contribution in [2.75, 3.05) is 0 Å². The number of para-hydroxylation sites is 2. The first kappa shape index (κ1) is 32.8. The summed E-state index contributed by atoms with van der Waals surface area (Å²) in [5.74, 6) is 1.55. The summed E-state index contributed by atoms with van der Waals surface area (Å²) in [6, 6.07) is 40.3. The largest absolute Gasteiger partial charge is 0.456 e. The molecule has 0 aliphatic heterocycles. The Morgan fingerprint density at radius 2 is 1.23 bits per heavy atom. The molecule has 4 nitrogen and oxygen atoms in total. The molecule has 0 unspecified atom stereocenters. The van der Waals surface area contributed by atoms with Crippen LogP contribution >= 0.6 is 0 Å². The van der Waals surface area contributed by atoms with Crippen LogP contribution in [-0.2, 0) is 6.18 Å². The highest BCUT2D eigenvalue weighted by Crippen LogP contribution is 2.47. The zero-order valence-corrected chi connectivity index (χ0v) is 29.6. The minimum Gasteiger partial charge on any atom is -0.456 e. The standard InChI is InChI=1S/C46H35F3N2O2/c1-26(2)33-21-30(28-13-7-5-8-14-28)22-34(27(3)4)43(33)51-38-18-12-11-17-37(38)50-45(51)36-25-41-35(24-39(52-41)29-15-9-6-10-16-29)42-32-20-19-31(46(47,48)49)23-40(32)53-44(36)42/h5-27H,1-4H3. The van der Waals surface area contributed by atoms with Gasteiger partial charge >= 0.3 is 6.18 Å². The summed E-state index contributed by atoms with van der Waals surface area (Å²) in [4.78, 5) is 5.27. The minimum absolute atomic E-state index is 0.145. The van der Waals surface area contributed by atoms with E-state index in [1.54, 1.807) is 0 Å². The van der Waals surface area contributed by atoms with E-state index >= 15 is 0 Å². The lowest BCUT2D eigenvalue weighted by atomic mass is 9.88. The van der Waals surface area contributed by atoms with Crippen molar-refractivity contribution in [3.05, 3.63) is 144 Å². The summed E-state index contributed by atoms with van der Waals surface area (Å²) in [6.45, 7) is 8.80. The van der Waals surface area contributed by atoms with E-state index in [4.69, 9.17) is 13.8 Å². The Balaban J connectivity index is 1.41. The van der Waals surface area contributed by atoms with Crippen molar-refractivity contribution in [3.8, 4) is 39.5 Å². The van der Waals surface area contributed by atoms with E-state index in [2.05, 4.69) is 74.7 Å². The quantitative estimate of drug-likeness (QED) is 0.173. The average molecular weight is 705 g/mol. The number of halogens is 3. The van der Waals surface area contributed by atoms with Crippen LogP contribution in [0.4, 0.5) is 13.2 Å². The minimum atomic E-state index is -4.53. The molecule has 6 aromatic carbocycles. The number of nitrogens with zero attached hydrogens (tertiary/aromatic N) is 2. The molecule has 0 atom stereocenters. The third-order valence-electron chi connectivity index (χ3n) is 10.2. The second kappa shape index (κ2) is 12.3. The van der Waals surface area contributed by atoms with Gasteiger partial charge in [-0.05, 0) is 88.7 Å². The van der Waals surface area contributed by atoms with Gasteiger partial charge < -0.3 is 8.83 Å². The zero-order chi connectivity index (χ0) is 36.6. The predicted molar refractivity (Wildman–Crippen MR) is 208 cm³/mol. The second-order valence-electron chi connectivity index (χ2n) is 14.3. The number of alkyl halides is 3. The van der Waals surface area contributed by atoms with Crippen molar-refractivity contribution in [3.63, 3.8) is 0 Å². The highest BCUT2D eigenvalue weighted by Gasteiger charge is 2.32. The molecule has 9 rings (SSSR count). The van der Waals surface area contributed by atoms with Crippen molar-refractivity contribution in [1.29, 1.82) is 0 Å². The van der Waals surface area contributed by atoms with E-state index in [-0.39, 0.29) is 17.4 Å². The molecular weight excluding hydrogens is 670 g/mol. The van der Waals surface area contributed by atoms with Crippen molar-refractivity contribution >= 4 is 43.9 Å². The number of imidazole rings is 1. The molecule has 262 valence electrons. The molecule has 0 saturated heterocycles. The Morgan fingerprint density at radius 3 is 1.89 bits per heavy atom. The first-order valence-corrected chi connectivity index (χ1v) is 17.8. The molecule has 3 heterocycles. The Hall–Kier alpha value is -6.08. The van der Waals surface area contributed by atoms with Gasteiger partial charge in [0.1, 0.15) is 28.3 Å². The van der Waals surface area contributed by atoms with Gasteiger partial charge in [-0.3, -0.25) is 4.57 Å². The van der Waals surface area contributed by atoms with Crippen LogP contribution in [-0.4, -0.2) is 9.55 Å². The van der Waals surface area contributed by atoms with E-state index in [9.17, 15) is 13.2 Å². The monoisotopic (exact) mass is 704 g/mol. The maximum atomic E-state index is 14.0. The number of fused-ring (bicyclic) bond motifs is 6. The van der Waals surface area contributed by atoms with Crippen molar-refractivity contribution in [2.24, 2.45) is 0 Å². The zero-order valence-electron chi connectivity index (χ0n) is 29.6. The third-order valence-corrected chi connectivity index (χ3v) is 10.2. The van der Waals surface area contributed by atoms with Gasteiger partial charge in [0.15, 0.2) is 0 Å². The number of hydrogen-bond donors (Lipinski definition) is 0. The van der Waals surface area contributed by atoms with E-state index in [0.29, 0.717) is 39.1 Å². The molecule has 0 fully saturated rings. The topological polar surface area (TPSA) is 44.1 Å². The normalized spacial score (nSPS) is 12.4. The lowest BCUT2D eigenvalue weighted by Gasteiger charge is -2.24. The SMILES string of the molecule is CC(C)c1cc(-c2ccccc2)cc(C(C)C)c1-n1c(-c2cc3oc(-c4ccccc4)cc3c3c2oc2cc(C(F)(F)F)ccc23)nc2ccccc21. The van der Waals surface area contributed by atoms with Crippen LogP contribution < -0.4 is 0 Å². The maximum absolute atomic E-state index is 14.0. The van der Waals surface area contributed by atoms with Crippen molar-refractivity contribution in [1.82, 2.24) is 9.55 Å². The fourth-order valence-corrected chi connectivity index (χ4v) is 7.59. The smallest absolute Gasteiger partial charge is 0.416 e. The Morgan fingerprint density at radius 1 is 0.604 bits per heavy atom. The molecule has 0 spiro atoms. The van der Waals surface area contributed by atoms with Gasteiger partial charge in [0.2, 0.25) is 0 Å². The summed E-state index contributed by atoms with van der Waals surface area (Å²) in [6.07, 6.45) is -4.53. The fraction of sp³-hybridized carbons (Fsp3) is 0.152. The average Bonchev–Trinajstić information content (AvgIpc) is 3.87. The van der Waals surface area contributed by atoms with Gasteiger partial charge in [-0.15, -0.1) is 0 Å². The van der Waals surface area contributed by atoms with E-state index < -0.39 is 11.7 Å². The van der Waals surface area contributed by atoms with Crippen LogP contribution in [0, 0.1) is 0 Å². The number of hydrogen-bond acceptors (Lipinski definition) is 3. The predicted octanol–water partition coefficient (Wildman–Crippen LogP) is 13.9. The fourth-order valence-electron chi connectivity index (χ4n) is 7.59. The highest BCUT2D eigenvalue weighted by atomic mass is 19.4. The van der Waals surface area contributed by atoms with Gasteiger partial charge in [0, 0.05) is 21.7 Å². The van der Waals surface area contributed by atoms with Gasteiger partial charge in [-0.1, -0.05) is 100 Å². The molecule has 0 aliphatic carbocycles. The molecule has 7 heteroatoms. The van der Waals surface area contributed by atoms with Crippen LogP contribution in [0.25, 0.3) is 83.5 Å². The van der Waals surface area contributed by atoms with Gasteiger partial charge in [-0.25, -0.2) is 4.98 Å². The summed E-state index contributed by atoms with van der Waals surface area (Å²) in [7, 11) is 0. The van der Waals surface area contributed by atoms with Crippen LogP contribution in [0.15, 0.2) is 136 Å². The second-order valence-corrected chi connectivity index (χ2v) is 14.3. The lowest BCUT2D eigenvalue weighted by molar-refractivity contribution is -0.137. The van der Waals surface area contributed by atoms with Gasteiger partial charge in [0.25, 0.3) is 0 Å². The Kier molecular flexibility index (Phi) is 7.59. The molecule has 0 bridgehead atoms. The van der Waals surface area contributed by atoms with Gasteiger partial charge in [-0.2, -0.15) is 13.2 Å². The molecule has 0 N–H and O–H groups in total. The van der Waals surface area contributed by atoms with Crippen LogP contribution in [0.3, 0.4) is 0 Å². The number of rotatable bonds is 6. The van der Waals surface area contributed by atoms with Crippen molar-refractivity contribution < 1.29 is 22.0 Å². The first-order valence-electron chi connectivity index (χ1n) is 17.8. The van der Waals surface area contributed by atoms with E-state index in [1.807, 2.05) is 66.7 Å². The van der Waals surface area contributed by atoms with Gasteiger partial charge in [0.05, 0.1) is 27.8 Å². The Bertz CT molecular complexity index is 2790. The van der Waals surface area contributed by atoms with Crippen LogP contribution in [0.5, 0.6) is 0 Å². The molecule has 3 aromatic heterocycles. The molecule has 9 aromatic rings. The summed E-state index contributed by atoms with van der Waals surface area (Å²) >= 11 is 0. The molecule has 0 amide bonds. The number of furan rings is 2. The van der Waals surface area contributed by atoms with Crippen molar-refractivity contribution in [2.45, 2.75) is 45.7 Å². The molecule has 0 radical (unpaired) electrons. The van der Waals surface area contributed by atoms with Crippen LogP contribution in [0.1, 0.15) is 56.2 Å². The molecule has 0 aliphatic rings. The molecule has 53 heavy (non-hydrogen) atoms. The summed E-state index contributed by atoms with van der Waals surface area (Å²) < 4.78 is 57.3. The Labute approximate surface area is 304 Å². The molecular formula is C46H35F3N2O2.